The smallest absolute Gasteiger partial charge is 0.238 e. The first-order valence-corrected chi connectivity index (χ1v) is 7.39. The average molecular weight is 281 g/mol. The number of nitrogens with one attached hydrogen (secondary N) is 1. The number of nitrogens with two attached hydrogens (primary N) is 1. The van der Waals surface area contributed by atoms with Gasteiger partial charge >= 0.3 is 0 Å². The van der Waals surface area contributed by atoms with Crippen molar-refractivity contribution in [3.63, 3.8) is 0 Å². The molecule has 2 rings (SSSR count). The Bertz CT molecular complexity index is 408. The maximum atomic E-state index is 11.9. The molecule has 2 atom stereocenters. The number of amides is 3. The van der Waals surface area contributed by atoms with E-state index in [1.165, 1.54) is 4.90 Å². The molecule has 2 aliphatic rings. The molecular weight excluding hydrogens is 258 g/mol. The van der Waals surface area contributed by atoms with Crippen molar-refractivity contribution in [2.75, 3.05) is 13.1 Å². The van der Waals surface area contributed by atoms with Crippen LogP contribution >= 0.6 is 0 Å². The van der Waals surface area contributed by atoms with Crippen LogP contribution in [0.1, 0.15) is 45.4 Å². The van der Waals surface area contributed by atoms with Crippen LogP contribution in [0.5, 0.6) is 0 Å². The summed E-state index contributed by atoms with van der Waals surface area (Å²) in [5.74, 6) is -0.413. The summed E-state index contributed by atoms with van der Waals surface area (Å²) in [6.07, 6.45) is 3.88. The molecule has 6 heteroatoms. The van der Waals surface area contributed by atoms with Gasteiger partial charge in [0.1, 0.15) is 5.54 Å². The standard InChI is InChI=1S/C14H23N3O3/c1-2-16-14(13(15)20)8-3-4-10(14)7-9-17-11(18)5-6-12(17)19/h10,16H,2-9H2,1H3,(H2,15,20). The van der Waals surface area contributed by atoms with E-state index in [9.17, 15) is 14.4 Å². The molecule has 0 aromatic heterocycles. The van der Waals surface area contributed by atoms with Gasteiger partial charge in [-0.3, -0.25) is 19.3 Å². The number of likely N-dealkylation sites (N-methyl/N-ethyl adjacent to an activating group) is 1. The first-order valence-electron chi connectivity index (χ1n) is 7.39. The van der Waals surface area contributed by atoms with Crippen LogP contribution in [0, 0.1) is 5.92 Å². The Morgan fingerprint density at radius 3 is 2.60 bits per heavy atom. The minimum absolute atomic E-state index is 0.0962. The zero-order valence-corrected chi connectivity index (χ0v) is 12.0. The Balaban J connectivity index is 2.02. The van der Waals surface area contributed by atoms with Gasteiger partial charge in [-0.1, -0.05) is 13.3 Å². The molecule has 1 saturated carbocycles. The number of hydrogen-bond donors (Lipinski definition) is 2. The SMILES string of the molecule is CCNC1(C(N)=O)CCCC1CCN1C(=O)CCC1=O. The van der Waals surface area contributed by atoms with Gasteiger partial charge in [0.2, 0.25) is 17.7 Å². The molecule has 0 radical (unpaired) electrons. The van der Waals surface area contributed by atoms with Crippen molar-refractivity contribution < 1.29 is 14.4 Å². The van der Waals surface area contributed by atoms with Crippen molar-refractivity contribution in [1.82, 2.24) is 10.2 Å². The van der Waals surface area contributed by atoms with Gasteiger partial charge in [-0.15, -0.1) is 0 Å². The predicted octanol–water partition coefficient (Wildman–Crippen LogP) is 0.159. The van der Waals surface area contributed by atoms with Crippen LogP contribution in [0.3, 0.4) is 0 Å². The summed E-state index contributed by atoms with van der Waals surface area (Å²) in [5.41, 5.74) is 4.93. The molecule has 0 aromatic rings. The quantitative estimate of drug-likeness (QED) is 0.678. The van der Waals surface area contributed by atoms with E-state index in [4.69, 9.17) is 5.73 Å². The highest BCUT2D eigenvalue weighted by molar-refractivity contribution is 6.01. The fraction of sp³-hybridized carbons (Fsp3) is 0.786. The van der Waals surface area contributed by atoms with Gasteiger partial charge in [-0.2, -0.15) is 0 Å². The molecule has 1 heterocycles. The van der Waals surface area contributed by atoms with Gasteiger partial charge in [0, 0.05) is 19.4 Å². The minimum atomic E-state index is -0.666. The van der Waals surface area contributed by atoms with Crippen molar-refractivity contribution in [3.8, 4) is 0 Å². The normalized spacial score (nSPS) is 30.2. The molecule has 0 bridgehead atoms. The molecule has 1 aliphatic heterocycles. The van der Waals surface area contributed by atoms with E-state index in [2.05, 4.69) is 5.32 Å². The number of imide groups is 1. The highest BCUT2D eigenvalue weighted by Gasteiger charge is 2.47. The maximum Gasteiger partial charge on any atom is 0.238 e. The van der Waals surface area contributed by atoms with Crippen molar-refractivity contribution in [3.05, 3.63) is 0 Å². The average Bonchev–Trinajstić information content (AvgIpc) is 2.94. The lowest BCUT2D eigenvalue weighted by Gasteiger charge is -2.34. The number of carbonyl (C=O) groups excluding carboxylic acids is 3. The molecule has 0 aromatic carbocycles. The topological polar surface area (TPSA) is 92.5 Å². The molecule has 6 nitrogen and oxygen atoms in total. The number of nitrogens with zero attached hydrogens (tertiary/aromatic N) is 1. The van der Waals surface area contributed by atoms with Gasteiger partial charge < -0.3 is 11.1 Å². The fourth-order valence-corrected chi connectivity index (χ4v) is 3.59. The van der Waals surface area contributed by atoms with Crippen LogP contribution in [0.25, 0.3) is 0 Å². The molecule has 3 amide bonds. The van der Waals surface area contributed by atoms with Crippen LogP contribution < -0.4 is 11.1 Å². The summed E-state index contributed by atoms with van der Waals surface area (Å²) in [5, 5.41) is 3.24. The Kier molecular flexibility index (Phi) is 4.42. The molecular formula is C14H23N3O3. The van der Waals surface area contributed by atoms with Gasteiger partial charge in [0.15, 0.2) is 0 Å². The second-order valence-electron chi connectivity index (χ2n) is 5.68. The van der Waals surface area contributed by atoms with Crippen LogP contribution in [-0.4, -0.2) is 41.2 Å². The van der Waals surface area contributed by atoms with E-state index in [0.29, 0.717) is 32.4 Å². The first-order chi connectivity index (χ1) is 9.51. The maximum absolute atomic E-state index is 11.9. The summed E-state index contributed by atoms with van der Waals surface area (Å²) >= 11 is 0. The molecule has 1 saturated heterocycles. The molecule has 0 spiro atoms. The predicted molar refractivity (Wildman–Crippen MR) is 73.5 cm³/mol. The van der Waals surface area contributed by atoms with Crippen LogP contribution in [0.4, 0.5) is 0 Å². The molecule has 2 fully saturated rings. The van der Waals surface area contributed by atoms with E-state index in [0.717, 1.165) is 19.3 Å². The third-order valence-electron chi connectivity index (χ3n) is 4.61. The molecule has 2 unspecified atom stereocenters. The summed E-state index contributed by atoms with van der Waals surface area (Å²) < 4.78 is 0. The number of primary amides is 1. The van der Waals surface area contributed by atoms with Crippen molar-refractivity contribution >= 4 is 17.7 Å². The van der Waals surface area contributed by atoms with Crippen molar-refractivity contribution in [2.45, 2.75) is 51.0 Å². The second-order valence-corrected chi connectivity index (χ2v) is 5.68. The monoisotopic (exact) mass is 281 g/mol. The van der Waals surface area contributed by atoms with Gasteiger partial charge in [-0.25, -0.2) is 0 Å². The molecule has 20 heavy (non-hydrogen) atoms. The van der Waals surface area contributed by atoms with Gasteiger partial charge in [-0.05, 0) is 31.7 Å². The first kappa shape index (κ1) is 15.0. The highest BCUT2D eigenvalue weighted by Crippen LogP contribution is 2.38. The number of hydrogen-bond acceptors (Lipinski definition) is 4. The van der Waals surface area contributed by atoms with Crippen molar-refractivity contribution in [1.29, 1.82) is 0 Å². The van der Waals surface area contributed by atoms with E-state index in [1.54, 1.807) is 0 Å². The van der Waals surface area contributed by atoms with Gasteiger partial charge in [0.05, 0.1) is 0 Å². The second kappa shape index (κ2) is 5.91. The van der Waals surface area contributed by atoms with Crippen molar-refractivity contribution in [2.24, 2.45) is 11.7 Å². The summed E-state index contributed by atoms with van der Waals surface area (Å²) in [6.45, 7) is 3.04. The zero-order chi connectivity index (χ0) is 14.8. The van der Waals surface area contributed by atoms with Gasteiger partial charge in [0.25, 0.3) is 0 Å². The van der Waals surface area contributed by atoms with Crippen LogP contribution in [-0.2, 0) is 14.4 Å². The Morgan fingerprint density at radius 2 is 2.05 bits per heavy atom. The lowest BCUT2D eigenvalue weighted by atomic mass is 9.83. The van der Waals surface area contributed by atoms with E-state index < -0.39 is 5.54 Å². The highest BCUT2D eigenvalue weighted by atomic mass is 16.2. The number of likely N-dealkylation sites (tertiary alicyclic amines) is 1. The molecule has 3 N–H and O–H groups in total. The number of carbonyl (C=O) groups is 3. The number of rotatable bonds is 6. The van der Waals surface area contributed by atoms with E-state index in [-0.39, 0.29) is 23.6 Å². The summed E-state index contributed by atoms with van der Waals surface area (Å²) in [6, 6.07) is 0. The Hall–Kier alpha value is -1.43. The summed E-state index contributed by atoms with van der Waals surface area (Å²) in [4.78, 5) is 36.4. The zero-order valence-electron chi connectivity index (χ0n) is 12.0. The third-order valence-corrected chi connectivity index (χ3v) is 4.61. The third kappa shape index (κ3) is 2.57. The fourth-order valence-electron chi connectivity index (χ4n) is 3.59. The molecule has 112 valence electrons. The Labute approximate surface area is 119 Å². The lowest BCUT2D eigenvalue weighted by molar-refractivity contribution is -0.138. The Morgan fingerprint density at radius 1 is 1.40 bits per heavy atom. The largest absolute Gasteiger partial charge is 0.368 e. The van der Waals surface area contributed by atoms with E-state index >= 15 is 0 Å². The minimum Gasteiger partial charge on any atom is -0.368 e. The molecule has 1 aliphatic carbocycles. The van der Waals surface area contributed by atoms with E-state index in [1.807, 2.05) is 6.92 Å². The summed E-state index contributed by atoms with van der Waals surface area (Å²) in [7, 11) is 0. The van der Waals surface area contributed by atoms with Crippen LogP contribution in [0.15, 0.2) is 0 Å². The van der Waals surface area contributed by atoms with Crippen LogP contribution in [0.2, 0.25) is 0 Å². The lowest BCUT2D eigenvalue weighted by Crippen LogP contribution is -2.58.